The van der Waals surface area contributed by atoms with Gasteiger partial charge in [-0.1, -0.05) is 30.3 Å². The van der Waals surface area contributed by atoms with Gasteiger partial charge in [-0.3, -0.25) is 9.59 Å². The molecule has 2 aromatic carbocycles. The average molecular weight is 413 g/mol. The molecule has 0 bridgehead atoms. The highest BCUT2D eigenvalue weighted by Gasteiger charge is 2.13. The van der Waals surface area contributed by atoms with Crippen LogP contribution in [0.15, 0.2) is 64.3 Å². The molecule has 0 saturated carbocycles. The standard InChI is InChI=1S/C21H23N3O4S/c25-20(22-14-7-15-29(27,28)16-8-2-1-3-9-16)13-6-12-19-23-18-11-5-4-10-17(18)21(26)24-19/h1-5,8-11H,6-7,12-15H2,(H,22,25)(H,23,24,26). The summed E-state index contributed by atoms with van der Waals surface area (Å²) in [6, 6.07) is 15.4. The number of hydrogen-bond donors (Lipinski definition) is 2. The van der Waals surface area contributed by atoms with Gasteiger partial charge in [0.1, 0.15) is 5.82 Å². The molecule has 0 fully saturated rings. The molecule has 0 unspecified atom stereocenters. The maximum Gasteiger partial charge on any atom is 0.258 e. The van der Waals surface area contributed by atoms with Gasteiger partial charge in [0.2, 0.25) is 5.91 Å². The van der Waals surface area contributed by atoms with Crippen molar-refractivity contribution in [1.82, 2.24) is 15.3 Å². The Morgan fingerprint density at radius 2 is 1.72 bits per heavy atom. The summed E-state index contributed by atoms with van der Waals surface area (Å²) in [6.07, 6.45) is 1.65. The fourth-order valence-electron chi connectivity index (χ4n) is 2.99. The van der Waals surface area contributed by atoms with Crippen LogP contribution in [0.2, 0.25) is 0 Å². The first-order valence-electron chi connectivity index (χ1n) is 9.48. The van der Waals surface area contributed by atoms with Gasteiger partial charge in [-0.25, -0.2) is 13.4 Å². The van der Waals surface area contributed by atoms with E-state index in [2.05, 4.69) is 15.3 Å². The minimum Gasteiger partial charge on any atom is -0.356 e. The maximum absolute atomic E-state index is 12.2. The zero-order valence-corrected chi connectivity index (χ0v) is 16.7. The Hall–Kier alpha value is -3.00. The number of amides is 1. The third-order valence-electron chi connectivity index (χ3n) is 4.49. The van der Waals surface area contributed by atoms with Crippen molar-refractivity contribution in [2.24, 2.45) is 0 Å². The Morgan fingerprint density at radius 1 is 1.00 bits per heavy atom. The number of fused-ring (bicyclic) bond motifs is 1. The van der Waals surface area contributed by atoms with Gasteiger partial charge in [-0.05, 0) is 37.1 Å². The summed E-state index contributed by atoms with van der Waals surface area (Å²) in [4.78, 5) is 31.4. The van der Waals surface area contributed by atoms with E-state index in [1.54, 1.807) is 48.5 Å². The Labute approximate surface area is 169 Å². The highest BCUT2D eigenvalue weighted by molar-refractivity contribution is 7.91. The first-order chi connectivity index (χ1) is 14.0. The van der Waals surface area contributed by atoms with Crippen LogP contribution < -0.4 is 10.9 Å². The van der Waals surface area contributed by atoms with Gasteiger partial charge in [-0.15, -0.1) is 0 Å². The van der Waals surface area contributed by atoms with E-state index in [0.29, 0.717) is 47.4 Å². The van der Waals surface area contributed by atoms with E-state index in [1.807, 2.05) is 6.07 Å². The minimum absolute atomic E-state index is 0.0143. The van der Waals surface area contributed by atoms with E-state index in [9.17, 15) is 18.0 Å². The largest absolute Gasteiger partial charge is 0.356 e. The van der Waals surface area contributed by atoms with Crippen molar-refractivity contribution in [3.63, 3.8) is 0 Å². The van der Waals surface area contributed by atoms with Crippen molar-refractivity contribution >= 4 is 26.6 Å². The van der Waals surface area contributed by atoms with E-state index in [4.69, 9.17) is 0 Å². The van der Waals surface area contributed by atoms with Gasteiger partial charge in [0.05, 0.1) is 21.6 Å². The molecular formula is C21H23N3O4S. The summed E-state index contributed by atoms with van der Waals surface area (Å²) in [5.74, 6) is 0.389. The maximum atomic E-state index is 12.2. The van der Waals surface area contributed by atoms with Gasteiger partial charge in [-0.2, -0.15) is 0 Å². The summed E-state index contributed by atoms with van der Waals surface area (Å²) in [6.45, 7) is 0.302. The summed E-state index contributed by atoms with van der Waals surface area (Å²) in [7, 11) is -3.33. The summed E-state index contributed by atoms with van der Waals surface area (Å²) >= 11 is 0. The van der Waals surface area contributed by atoms with Crippen LogP contribution in [0.5, 0.6) is 0 Å². The number of para-hydroxylation sites is 1. The lowest BCUT2D eigenvalue weighted by Crippen LogP contribution is -2.26. The molecule has 3 aromatic rings. The molecule has 0 aliphatic carbocycles. The number of H-pyrrole nitrogens is 1. The predicted molar refractivity (Wildman–Crippen MR) is 111 cm³/mol. The lowest BCUT2D eigenvalue weighted by atomic mass is 10.2. The molecule has 3 rings (SSSR count). The van der Waals surface area contributed by atoms with Crippen molar-refractivity contribution in [1.29, 1.82) is 0 Å². The van der Waals surface area contributed by atoms with Crippen LogP contribution in [-0.2, 0) is 21.1 Å². The third kappa shape index (κ3) is 5.74. The molecular weight excluding hydrogens is 390 g/mol. The number of hydrogen-bond acceptors (Lipinski definition) is 5. The minimum atomic E-state index is -3.33. The zero-order valence-electron chi connectivity index (χ0n) is 15.9. The predicted octanol–water partition coefficient (Wildman–Crippen LogP) is 2.23. The molecule has 2 N–H and O–H groups in total. The molecule has 8 heteroatoms. The number of benzene rings is 2. The Morgan fingerprint density at radius 3 is 2.52 bits per heavy atom. The second-order valence-corrected chi connectivity index (χ2v) is 8.83. The number of sulfone groups is 1. The zero-order chi connectivity index (χ0) is 20.7. The second-order valence-electron chi connectivity index (χ2n) is 6.72. The number of aromatic amines is 1. The van der Waals surface area contributed by atoms with Crippen LogP contribution in [0.25, 0.3) is 10.9 Å². The Balaban J connectivity index is 1.40. The van der Waals surface area contributed by atoms with E-state index >= 15 is 0 Å². The van der Waals surface area contributed by atoms with Gasteiger partial charge < -0.3 is 10.3 Å². The molecule has 0 atom stereocenters. The Bertz CT molecular complexity index is 1140. The molecule has 7 nitrogen and oxygen atoms in total. The number of carbonyl (C=O) groups excluding carboxylic acids is 1. The fourth-order valence-corrected chi connectivity index (χ4v) is 4.33. The molecule has 0 spiro atoms. The number of nitrogens with one attached hydrogen (secondary N) is 2. The Kier molecular flexibility index (Phi) is 6.77. The second kappa shape index (κ2) is 9.47. The van der Waals surface area contributed by atoms with Crippen molar-refractivity contribution < 1.29 is 13.2 Å². The number of rotatable bonds is 9. The van der Waals surface area contributed by atoms with Crippen LogP contribution in [0.1, 0.15) is 25.1 Å². The van der Waals surface area contributed by atoms with Crippen LogP contribution in [0.4, 0.5) is 0 Å². The van der Waals surface area contributed by atoms with Crippen LogP contribution in [-0.4, -0.2) is 36.6 Å². The molecule has 0 aliphatic rings. The SMILES string of the molecule is O=C(CCCc1nc2ccccc2c(=O)[nH]1)NCCCS(=O)(=O)c1ccccc1. The van der Waals surface area contributed by atoms with E-state index in [1.165, 1.54) is 0 Å². The molecule has 1 aromatic heterocycles. The van der Waals surface area contributed by atoms with Crippen molar-refractivity contribution in [2.45, 2.75) is 30.6 Å². The number of aromatic nitrogens is 2. The quantitative estimate of drug-likeness (QED) is 0.523. The lowest BCUT2D eigenvalue weighted by Gasteiger charge is -2.07. The smallest absolute Gasteiger partial charge is 0.258 e. The van der Waals surface area contributed by atoms with Crippen LogP contribution >= 0.6 is 0 Å². The van der Waals surface area contributed by atoms with Crippen molar-refractivity contribution in [3.05, 3.63) is 70.8 Å². The number of aryl methyl sites for hydroxylation is 1. The first kappa shape index (κ1) is 20.7. The van der Waals surface area contributed by atoms with Crippen LogP contribution in [0.3, 0.4) is 0 Å². The molecule has 0 aliphatic heterocycles. The topological polar surface area (TPSA) is 109 Å². The van der Waals surface area contributed by atoms with E-state index in [0.717, 1.165) is 0 Å². The van der Waals surface area contributed by atoms with Crippen LogP contribution in [0, 0.1) is 0 Å². The van der Waals surface area contributed by atoms with E-state index < -0.39 is 9.84 Å². The van der Waals surface area contributed by atoms with Gasteiger partial charge in [0.15, 0.2) is 9.84 Å². The monoisotopic (exact) mass is 413 g/mol. The highest BCUT2D eigenvalue weighted by atomic mass is 32.2. The first-order valence-corrected chi connectivity index (χ1v) is 11.1. The molecule has 152 valence electrons. The van der Waals surface area contributed by atoms with Crippen molar-refractivity contribution in [2.75, 3.05) is 12.3 Å². The summed E-state index contributed by atoms with van der Waals surface area (Å²) in [5.41, 5.74) is 0.449. The van der Waals surface area contributed by atoms with E-state index in [-0.39, 0.29) is 23.6 Å². The number of carbonyl (C=O) groups is 1. The number of nitrogens with zero attached hydrogens (tertiary/aromatic N) is 1. The molecule has 0 radical (unpaired) electrons. The average Bonchev–Trinajstić information content (AvgIpc) is 2.72. The lowest BCUT2D eigenvalue weighted by molar-refractivity contribution is -0.121. The molecule has 29 heavy (non-hydrogen) atoms. The van der Waals surface area contributed by atoms with Crippen molar-refractivity contribution in [3.8, 4) is 0 Å². The summed E-state index contributed by atoms with van der Waals surface area (Å²) in [5, 5.41) is 3.28. The van der Waals surface area contributed by atoms with Gasteiger partial charge in [0, 0.05) is 19.4 Å². The normalized spacial score (nSPS) is 11.4. The summed E-state index contributed by atoms with van der Waals surface area (Å²) < 4.78 is 24.4. The van der Waals surface area contributed by atoms with Gasteiger partial charge in [0.25, 0.3) is 5.56 Å². The molecule has 1 amide bonds. The highest BCUT2D eigenvalue weighted by Crippen LogP contribution is 2.11. The molecule has 1 heterocycles. The fraction of sp³-hybridized carbons (Fsp3) is 0.286. The van der Waals surface area contributed by atoms with Gasteiger partial charge >= 0.3 is 0 Å². The third-order valence-corrected chi connectivity index (χ3v) is 6.31. The molecule has 0 saturated heterocycles.